The zero-order valence-corrected chi connectivity index (χ0v) is 17.4. The molecule has 160 valence electrons. The van der Waals surface area contributed by atoms with Gasteiger partial charge in [0.1, 0.15) is 17.1 Å². The molecule has 0 radical (unpaired) electrons. The van der Waals surface area contributed by atoms with Crippen molar-refractivity contribution in [1.82, 2.24) is 30.1 Å². The number of nitrogens with zero attached hydrogens (tertiary/aromatic N) is 5. The van der Waals surface area contributed by atoms with Gasteiger partial charge in [-0.2, -0.15) is 0 Å². The second-order valence-electron chi connectivity index (χ2n) is 8.78. The summed E-state index contributed by atoms with van der Waals surface area (Å²) in [4.78, 5) is 31.6. The Hall–Kier alpha value is -2.75. The number of carbonyl (C=O) groups is 2. The Labute approximate surface area is 173 Å². The van der Waals surface area contributed by atoms with Crippen molar-refractivity contribution >= 4 is 11.8 Å². The zero-order valence-electron chi connectivity index (χ0n) is 17.4. The Kier molecular flexibility index (Phi) is 4.42. The number of hydrogen-bond acceptors (Lipinski definition) is 7. The van der Waals surface area contributed by atoms with Crippen LogP contribution in [0.2, 0.25) is 0 Å². The van der Waals surface area contributed by atoms with Crippen LogP contribution in [0.4, 0.5) is 0 Å². The smallest absolute Gasteiger partial charge is 0.269 e. The molecule has 0 saturated carbocycles. The van der Waals surface area contributed by atoms with Gasteiger partial charge in [-0.15, -0.1) is 0 Å². The number of carbonyl (C=O) groups excluding carboxylic acids is 2. The minimum atomic E-state index is -0.282. The quantitative estimate of drug-likeness (QED) is 0.753. The number of hydrogen-bond donors (Lipinski definition) is 1. The topological polar surface area (TPSA) is 115 Å². The first-order valence-electron chi connectivity index (χ1n) is 10.4. The number of nitrogens with one attached hydrogen (secondary N) is 1. The van der Waals surface area contributed by atoms with Crippen molar-refractivity contribution in [3.8, 4) is 0 Å². The van der Waals surface area contributed by atoms with Crippen LogP contribution < -0.4 is 5.32 Å². The molecule has 0 unspecified atom stereocenters. The Morgan fingerprint density at radius 2 is 2.13 bits per heavy atom. The summed E-state index contributed by atoms with van der Waals surface area (Å²) in [6.45, 7) is 5.39. The normalized spacial score (nSPS) is 29.4. The second-order valence-corrected chi connectivity index (χ2v) is 8.78. The van der Waals surface area contributed by atoms with Crippen molar-refractivity contribution in [2.45, 2.75) is 44.8 Å². The number of aryl methyl sites for hydroxylation is 3. The zero-order chi connectivity index (χ0) is 21.0. The molecule has 2 bridgehead atoms. The molecule has 0 aliphatic carbocycles. The van der Waals surface area contributed by atoms with E-state index < -0.39 is 0 Å². The van der Waals surface area contributed by atoms with Crippen LogP contribution in [0.3, 0.4) is 0 Å². The molecule has 2 aromatic rings. The largest absolute Gasteiger partial charge is 0.369 e. The standard InChI is InChI=1S/C20H26N6O4/c1-11-15(24-30-23-11)6-17(27)26-8-14-13(16-4-5-20(14,9-26)29-16)7-21-19(28)18-12(2)22-10-25(18)3/h10,13-14,16H,4-9H2,1-3H3,(H,21,28)/t13-,14+,16+,20+/m0/s1. The predicted molar refractivity (Wildman–Crippen MR) is 103 cm³/mol. The summed E-state index contributed by atoms with van der Waals surface area (Å²) < 4.78 is 12.8. The van der Waals surface area contributed by atoms with Crippen LogP contribution in [0.15, 0.2) is 11.0 Å². The Bertz CT molecular complexity index is 980. The molecule has 5 rings (SSSR count). The number of amides is 2. The number of ether oxygens (including phenoxy) is 1. The third kappa shape index (κ3) is 2.92. The van der Waals surface area contributed by atoms with Crippen molar-refractivity contribution in [1.29, 1.82) is 0 Å². The Morgan fingerprint density at radius 1 is 1.30 bits per heavy atom. The summed E-state index contributed by atoms with van der Waals surface area (Å²) >= 11 is 0. The highest BCUT2D eigenvalue weighted by molar-refractivity contribution is 5.93. The van der Waals surface area contributed by atoms with E-state index in [1.54, 1.807) is 17.8 Å². The summed E-state index contributed by atoms with van der Waals surface area (Å²) in [7, 11) is 1.82. The van der Waals surface area contributed by atoms with Crippen molar-refractivity contribution < 1.29 is 19.0 Å². The average Bonchev–Trinajstić information content (AvgIpc) is 3.49. The van der Waals surface area contributed by atoms with E-state index in [2.05, 4.69) is 20.6 Å². The van der Waals surface area contributed by atoms with Gasteiger partial charge in [0.05, 0.1) is 36.7 Å². The lowest BCUT2D eigenvalue weighted by Crippen LogP contribution is -2.42. The fourth-order valence-electron chi connectivity index (χ4n) is 5.48. The fourth-order valence-corrected chi connectivity index (χ4v) is 5.48. The lowest BCUT2D eigenvalue weighted by Gasteiger charge is -2.29. The number of aromatic nitrogens is 4. The van der Waals surface area contributed by atoms with Gasteiger partial charge in [0, 0.05) is 32.0 Å². The first kappa shape index (κ1) is 19.2. The summed E-state index contributed by atoms with van der Waals surface area (Å²) in [5, 5.41) is 10.7. The number of fused-ring (bicyclic) bond motifs is 1. The third-order valence-electron chi connectivity index (χ3n) is 7.04. The highest BCUT2D eigenvalue weighted by Gasteiger charge is 2.63. The number of imidazole rings is 1. The molecule has 3 aliphatic rings. The maximum atomic E-state index is 12.9. The number of rotatable bonds is 5. The van der Waals surface area contributed by atoms with E-state index in [0.717, 1.165) is 12.8 Å². The van der Waals surface area contributed by atoms with E-state index in [1.807, 2.05) is 18.9 Å². The molecule has 3 aliphatic heterocycles. The minimum Gasteiger partial charge on any atom is -0.369 e. The predicted octanol–water partition coefficient (Wildman–Crippen LogP) is 0.398. The van der Waals surface area contributed by atoms with Crippen LogP contribution in [-0.4, -0.2) is 67.9 Å². The van der Waals surface area contributed by atoms with Gasteiger partial charge in [-0.25, -0.2) is 9.61 Å². The fraction of sp³-hybridized carbons (Fsp3) is 0.650. The van der Waals surface area contributed by atoms with Gasteiger partial charge in [0.25, 0.3) is 5.91 Å². The minimum absolute atomic E-state index is 0.0120. The first-order chi connectivity index (χ1) is 14.4. The highest BCUT2D eigenvalue weighted by atomic mass is 16.6. The molecule has 1 spiro atoms. The molecule has 0 aromatic carbocycles. The summed E-state index contributed by atoms with van der Waals surface area (Å²) in [6, 6.07) is 0. The van der Waals surface area contributed by atoms with Crippen LogP contribution in [0.1, 0.15) is 40.4 Å². The van der Waals surface area contributed by atoms with Crippen molar-refractivity contribution in [3.63, 3.8) is 0 Å². The van der Waals surface area contributed by atoms with Gasteiger partial charge in [0.15, 0.2) is 0 Å². The monoisotopic (exact) mass is 414 g/mol. The van der Waals surface area contributed by atoms with E-state index in [-0.39, 0.29) is 41.8 Å². The Balaban J connectivity index is 1.26. The lowest BCUT2D eigenvalue weighted by atomic mass is 9.73. The molecule has 4 atom stereocenters. The summed E-state index contributed by atoms with van der Waals surface area (Å²) in [5.41, 5.74) is 2.23. The maximum absolute atomic E-state index is 12.9. The molecule has 1 N–H and O–H groups in total. The average molecular weight is 414 g/mol. The maximum Gasteiger partial charge on any atom is 0.269 e. The molecule has 10 heteroatoms. The van der Waals surface area contributed by atoms with E-state index >= 15 is 0 Å². The van der Waals surface area contributed by atoms with Crippen LogP contribution in [0, 0.1) is 25.7 Å². The molecule has 10 nitrogen and oxygen atoms in total. The summed E-state index contributed by atoms with van der Waals surface area (Å²) in [6.07, 6.45) is 3.90. The van der Waals surface area contributed by atoms with Crippen LogP contribution in [0.5, 0.6) is 0 Å². The van der Waals surface area contributed by atoms with Gasteiger partial charge >= 0.3 is 0 Å². The molecule has 2 amide bonds. The molecule has 5 heterocycles. The first-order valence-corrected chi connectivity index (χ1v) is 10.4. The molecular weight excluding hydrogens is 388 g/mol. The SMILES string of the molecule is Cc1nonc1CC(=O)N1C[C@@H]2[C@H](CNC(=O)c3c(C)ncn3C)[C@H]3CC[C@]2(C1)O3. The van der Waals surface area contributed by atoms with E-state index in [1.165, 1.54) is 0 Å². The van der Waals surface area contributed by atoms with Crippen molar-refractivity contribution in [3.05, 3.63) is 29.1 Å². The van der Waals surface area contributed by atoms with Gasteiger partial charge in [-0.1, -0.05) is 10.3 Å². The molecule has 3 fully saturated rings. The van der Waals surface area contributed by atoms with Gasteiger partial charge in [-0.05, 0) is 26.7 Å². The van der Waals surface area contributed by atoms with Gasteiger partial charge in [0.2, 0.25) is 5.91 Å². The van der Waals surface area contributed by atoms with E-state index in [4.69, 9.17) is 9.37 Å². The molecule has 3 saturated heterocycles. The van der Waals surface area contributed by atoms with E-state index in [9.17, 15) is 9.59 Å². The van der Waals surface area contributed by atoms with Crippen LogP contribution in [-0.2, 0) is 23.0 Å². The van der Waals surface area contributed by atoms with E-state index in [0.29, 0.717) is 42.4 Å². The summed E-state index contributed by atoms with van der Waals surface area (Å²) in [5.74, 6) is 0.316. The Morgan fingerprint density at radius 3 is 2.83 bits per heavy atom. The highest BCUT2D eigenvalue weighted by Crippen LogP contribution is 2.54. The number of likely N-dealkylation sites (tertiary alicyclic amines) is 1. The second kappa shape index (κ2) is 6.90. The van der Waals surface area contributed by atoms with Crippen molar-refractivity contribution in [2.24, 2.45) is 18.9 Å². The van der Waals surface area contributed by atoms with Gasteiger partial charge < -0.3 is 19.5 Å². The molecule has 2 aromatic heterocycles. The molecular formula is C20H26N6O4. The lowest BCUT2D eigenvalue weighted by molar-refractivity contribution is -0.131. The van der Waals surface area contributed by atoms with Crippen molar-refractivity contribution in [2.75, 3.05) is 19.6 Å². The van der Waals surface area contributed by atoms with Crippen LogP contribution in [0.25, 0.3) is 0 Å². The van der Waals surface area contributed by atoms with Crippen LogP contribution >= 0.6 is 0 Å². The van der Waals surface area contributed by atoms with Gasteiger partial charge in [-0.3, -0.25) is 9.59 Å². The molecule has 30 heavy (non-hydrogen) atoms. The third-order valence-corrected chi connectivity index (χ3v) is 7.04.